The van der Waals surface area contributed by atoms with Crippen LogP contribution < -0.4 is 5.32 Å². The molecule has 1 amide bonds. The second kappa shape index (κ2) is 6.35. The molecule has 2 unspecified atom stereocenters. The van der Waals surface area contributed by atoms with Crippen LogP contribution in [0.4, 0.5) is 4.39 Å². The van der Waals surface area contributed by atoms with Crippen molar-refractivity contribution in [3.63, 3.8) is 0 Å². The normalized spacial score (nSPS) is 23.1. The molecular weight excluding hydrogens is 269 g/mol. The summed E-state index contributed by atoms with van der Waals surface area (Å²) in [7, 11) is 0. The van der Waals surface area contributed by atoms with Gasteiger partial charge in [0.25, 0.3) is 5.91 Å². The molecule has 0 aromatic heterocycles. The van der Waals surface area contributed by atoms with Crippen molar-refractivity contribution < 1.29 is 14.3 Å². The molecule has 2 N–H and O–H groups in total. The molecule has 0 aliphatic heterocycles. The van der Waals surface area contributed by atoms with Gasteiger partial charge in [-0.25, -0.2) is 4.39 Å². The van der Waals surface area contributed by atoms with Crippen molar-refractivity contribution in [2.24, 2.45) is 5.92 Å². The van der Waals surface area contributed by atoms with Gasteiger partial charge < -0.3 is 10.4 Å². The van der Waals surface area contributed by atoms with E-state index in [1.54, 1.807) is 0 Å². The lowest BCUT2D eigenvalue weighted by Gasteiger charge is -2.30. The Kier molecular flexibility index (Phi) is 4.77. The average Bonchev–Trinajstić information content (AvgIpc) is 2.42. The molecule has 2 atom stereocenters. The lowest BCUT2D eigenvalue weighted by Crippen LogP contribution is -2.43. The lowest BCUT2D eigenvalue weighted by atomic mass is 9.85. The topological polar surface area (TPSA) is 49.3 Å². The van der Waals surface area contributed by atoms with Crippen LogP contribution in [0.5, 0.6) is 0 Å². The molecule has 1 aromatic carbocycles. The van der Waals surface area contributed by atoms with Gasteiger partial charge in [0.15, 0.2) is 0 Å². The van der Waals surface area contributed by atoms with E-state index in [0.29, 0.717) is 0 Å². The van der Waals surface area contributed by atoms with Crippen molar-refractivity contribution in [1.29, 1.82) is 0 Å². The molecule has 19 heavy (non-hydrogen) atoms. The molecule has 104 valence electrons. The highest BCUT2D eigenvalue weighted by Gasteiger charge is 2.26. The fraction of sp³-hybridized carbons (Fsp3) is 0.500. The molecular formula is C14H17ClFNO2. The fourth-order valence-electron chi connectivity index (χ4n) is 2.54. The highest BCUT2D eigenvalue weighted by atomic mass is 35.5. The first-order valence-corrected chi connectivity index (χ1v) is 6.87. The molecule has 0 spiro atoms. The minimum absolute atomic E-state index is 0.0574. The molecule has 0 radical (unpaired) electrons. The van der Waals surface area contributed by atoms with Crippen LogP contribution in [0, 0.1) is 11.7 Å². The Morgan fingerprint density at radius 1 is 1.42 bits per heavy atom. The van der Waals surface area contributed by atoms with Gasteiger partial charge in [0, 0.05) is 18.6 Å². The zero-order valence-corrected chi connectivity index (χ0v) is 11.3. The van der Waals surface area contributed by atoms with Gasteiger partial charge in [0.1, 0.15) is 5.82 Å². The smallest absolute Gasteiger partial charge is 0.253 e. The third-order valence-corrected chi connectivity index (χ3v) is 4.04. The second-order valence-electron chi connectivity index (χ2n) is 4.91. The van der Waals surface area contributed by atoms with Crippen molar-refractivity contribution in [3.8, 4) is 0 Å². The standard InChI is InChI=1S/C14H17ClFNO2/c15-13-10(5-3-6-11(13)16)14(19)17-12-7-2-1-4-9(12)8-18/h3,5-6,9,12,18H,1-2,4,7-8H2,(H,17,19). The predicted octanol–water partition coefficient (Wildman–Crippen LogP) is 2.76. The van der Waals surface area contributed by atoms with Crippen molar-refractivity contribution >= 4 is 17.5 Å². The monoisotopic (exact) mass is 285 g/mol. The van der Waals surface area contributed by atoms with Crippen LogP contribution in [0.2, 0.25) is 5.02 Å². The molecule has 1 fully saturated rings. The number of nitrogens with one attached hydrogen (secondary N) is 1. The molecule has 1 saturated carbocycles. The first kappa shape index (κ1) is 14.3. The maximum atomic E-state index is 13.3. The summed E-state index contributed by atoms with van der Waals surface area (Å²) in [6.45, 7) is 0.0574. The average molecular weight is 286 g/mol. The zero-order chi connectivity index (χ0) is 13.8. The number of amides is 1. The molecule has 0 heterocycles. The molecule has 1 aliphatic carbocycles. The van der Waals surface area contributed by atoms with Crippen LogP contribution in [-0.2, 0) is 0 Å². The summed E-state index contributed by atoms with van der Waals surface area (Å²) in [5.41, 5.74) is 0.143. The zero-order valence-electron chi connectivity index (χ0n) is 10.5. The number of aliphatic hydroxyl groups excluding tert-OH is 1. The molecule has 2 rings (SSSR count). The second-order valence-corrected chi connectivity index (χ2v) is 5.29. The van der Waals surface area contributed by atoms with E-state index in [1.807, 2.05) is 0 Å². The minimum Gasteiger partial charge on any atom is -0.396 e. The van der Waals surface area contributed by atoms with Crippen LogP contribution in [0.3, 0.4) is 0 Å². The van der Waals surface area contributed by atoms with Crippen LogP contribution in [0.1, 0.15) is 36.0 Å². The Morgan fingerprint density at radius 3 is 2.89 bits per heavy atom. The van der Waals surface area contributed by atoms with E-state index in [-0.39, 0.29) is 35.1 Å². The van der Waals surface area contributed by atoms with E-state index in [0.717, 1.165) is 25.7 Å². The first-order chi connectivity index (χ1) is 9.13. The molecule has 1 aromatic rings. The van der Waals surface area contributed by atoms with E-state index in [4.69, 9.17) is 11.6 Å². The third kappa shape index (κ3) is 3.25. The first-order valence-electron chi connectivity index (χ1n) is 6.49. The van der Waals surface area contributed by atoms with E-state index in [1.165, 1.54) is 18.2 Å². The maximum absolute atomic E-state index is 13.3. The molecule has 0 saturated heterocycles. The Bertz CT molecular complexity index is 467. The van der Waals surface area contributed by atoms with Crippen molar-refractivity contribution in [2.45, 2.75) is 31.7 Å². The Morgan fingerprint density at radius 2 is 2.16 bits per heavy atom. The summed E-state index contributed by atoms with van der Waals surface area (Å²) >= 11 is 5.79. The summed E-state index contributed by atoms with van der Waals surface area (Å²) in [5.74, 6) is -0.906. The Balaban J connectivity index is 2.09. The highest BCUT2D eigenvalue weighted by molar-refractivity contribution is 6.34. The van der Waals surface area contributed by atoms with Crippen molar-refractivity contribution in [3.05, 3.63) is 34.6 Å². The molecule has 3 nitrogen and oxygen atoms in total. The van der Waals surface area contributed by atoms with Gasteiger partial charge in [-0.2, -0.15) is 0 Å². The third-order valence-electron chi connectivity index (χ3n) is 3.66. The predicted molar refractivity (Wildman–Crippen MR) is 71.7 cm³/mol. The number of carbonyl (C=O) groups is 1. The number of carbonyl (C=O) groups excluding carboxylic acids is 1. The van der Waals surface area contributed by atoms with Gasteiger partial charge >= 0.3 is 0 Å². The van der Waals surface area contributed by atoms with Gasteiger partial charge in [-0.05, 0) is 25.0 Å². The molecule has 1 aliphatic rings. The number of aliphatic hydroxyl groups is 1. The van der Waals surface area contributed by atoms with E-state index in [9.17, 15) is 14.3 Å². The summed E-state index contributed by atoms with van der Waals surface area (Å²) < 4.78 is 13.3. The van der Waals surface area contributed by atoms with E-state index in [2.05, 4.69) is 5.32 Å². The Labute approximate surface area is 116 Å². The number of hydrogen-bond donors (Lipinski definition) is 2. The van der Waals surface area contributed by atoms with E-state index >= 15 is 0 Å². The summed E-state index contributed by atoms with van der Waals surface area (Å²) in [6, 6.07) is 4.11. The molecule has 5 heteroatoms. The van der Waals surface area contributed by atoms with Gasteiger partial charge in [-0.1, -0.05) is 30.5 Å². The maximum Gasteiger partial charge on any atom is 0.253 e. The van der Waals surface area contributed by atoms with Gasteiger partial charge in [0.05, 0.1) is 10.6 Å². The van der Waals surface area contributed by atoms with Crippen molar-refractivity contribution in [1.82, 2.24) is 5.32 Å². The summed E-state index contributed by atoms with van der Waals surface area (Å²) in [5, 5.41) is 12.0. The van der Waals surface area contributed by atoms with Crippen LogP contribution in [-0.4, -0.2) is 23.7 Å². The fourth-order valence-corrected chi connectivity index (χ4v) is 2.75. The van der Waals surface area contributed by atoms with Crippen LogP contribution >= 0.6 is 11.6 Å². The number of halogens is 2. The SMILES string of the molecule is O=C(NC1CCCCC1CO)c1cccc(F)c1Cl. The van der Waals surface area contributed by atoms with Gasteiger partial charge in [0.2, 0.25) is 0 Å². The number of hydrogen-bond acceptors (Lipinski definition) is 2. The van der Waals surface area contributed by atoms with E-state index < -0.39 is 5.82 Å². The van der Waals surface area contributed by atoms with Gasteiger partial charge in [-0.3, -0.25) is 4.79 Å². The van der Waals surface area contributed by atoms with Crippen LogP contribution in [0.25, 0.3) is 0 Å². The van der Waals surface area contributed by atoms with Crippen LogP contribution in [0.15, 0.2) is 18.2 Å². The summed E-state index contributed by atoms with van der Waals surface area (Å²) in [6.07, 6.45) is 3.83. The lowest BCUT2D eigenvalue weighted by molar-refractivity contribution is 0.0872. The number of rotatable bonds is 3. The highest BCUT2D eigenvalue weighted by Crippen LogP contribution is 2.25. The van der Waals surface area contributed by atoms with Crippen molar-refractivity contribution in [2.75, 3.05) is 6.61 Å². The molecule has 0 bridgehead atoms. The quantitative estimate of drug-likeness (QED) is 0.897. The minimum atomic E-state index is -0.600. The number of benzene rings is 1. The Hall–Kier alpha value is -1.13. The largest absolute Gasteiger partial charge is 0.396 e. The van der Waals surface area contributed by atoms with Gasteiger partial charge in [-0.15, -0.1) is 0 Å². The summed E-state index contributed by atoms with van der Waals surface area (Å²) in [4.78, 5) is 12.1.